The van der Waals surface area contributed by atoms with Gasteiger partial charge in [-0.3, -0.25) is 14.4 Å². The number of allylic oxidation sites excluding steroid dienone is 2. The maximum atomic E-state index is 13.6. The average Bonchev–Trinajstić information content (AvgIpc) is 3.45. The second kappa shape index (κ2) is 16.1. The van der Waals surface area contributed by atoms with Crippen LogP contribution in [0, 0.1) is 17.8 Å². The van der Waals surface area contributed by atoms with Gasteiger partial charge in [-0.1, -0.05) is 87.4 Å². The Labute approximate surface area is 245 Å². The lowest BCUT2D eigenvalue weighted by atomic mass is 9.84. The Kier molecular flexibility index (Phi) is 12.3. The standard InChI is InChI=1S/C34H50N2O5/c37-25-34(19-11-12-20-34)36-31(38)23-28-17-9-1-2-10-18-29(21-26-13-5-3-6-14-26)33(40)41-24-30(35-32(28)39)22-27-15-7-4-8-16-27/h1,3,5-6,9,13-14,27-30,37H,2,4,7-8,10-12,15-25H2,(H,35,39)(H,36,38)/t28-,29-,30+/m1/s1. The zero-order valence-corrected chi connectivity index (χ0v) is 24.7. The number of esters is 1. The van der Waals surface area contributed by atoms with Gasteiger partial charge in [-0.2, -0.15) is 0 Å². The minimum Gasteiger partial charge on any atom is -0.463 e. The molecule has 0 saturated heterocycles. The van der Waals surface area contributed by atoms with E-state index in [4.69, 9.17) is 4.74 Å². The average molecular weight is 567 g/mol. The number of aliphatic hydroxyl groups is 1. The molecule has 3 N–H and O–H groups in total. The van der Waals surface area contributed by atoms with E-state index in [1.54, 1.807) is 0 Å². The molecule has 3 aliphatic rings. The highest BCUT2D eigenvalue weighted by molar-refractivity contribution is 5.86. The molecule has 226 valence electrons. The van der Waals surface area contributed by atoms with Gasteiger partial charge in [0.2, 0.25) is 11.8 Å². The van der Waals surface area contributed by atoms with Crippen molar-refractivity contribution in [3.8, 4) is 0 Å². The number of ether oxygens (including phenoxy) is 1. The van der Waals surface area contributed by atoms with E-state index in [1.165, 1.54) is 19.3 Å². The van der Waals surface area contributed by atoms with Crippen molar-refractivity contribution in [1.82, 2.24) is 10.6 Å². The minimum absolute atomic E-state index is 0.0738. The second-order valence-corrected chi connectivity index (χ2v) is 12.7. The van der Waals surface area contributed by atoms with Crippen LogP contribution in [0.25, 0.3) is 0 Å². The van der Waals surface area contributed by atoms with E-state index in [9.17, 15) is 19.5 Å². The summed E-state index contributed by atoms with van der Waals surface area (Å²) >= 11 is 0. The monoisotopic (exact) mass is 566 g/mol. The van der Waals surface area contributed by atoms with Crippen LogP contribution in [-0.4, -0.2) is 47.7 Å². The number of cyclic esters (lactones) is 1. The summed E-state index contributed by atoms with van der Waals surface area (Å²) in [5.41, 5.74) is 0.568. The molecule has 0 unspecified atom stereocenters. The molecule has 41 heavy (non-hydrogen) atoms. The molecule has 3 atom stereocenters. The molecule has 0 radical (unpaired) electrons. The molecule has 4 rings (SSSR count). The van der Waals surface area contributed by atoms with Crippen LogP contribution in [0.5, 0.6) is 0 Å². The van der Waals surface area contributed by atoms with Gasteiger partial charge >= 0.3 is 5.97 Å². The van der Waals surface area contributed by atoms with Gasteiger partial charge in [0.25, 0.3) is 0 Å². The summed E-state index contributed by atoms with van der Waals surface area (Å²) in [5, 5.41) is 16.2. The highest BCUT2D eigenvalue weighted by atomic mass is 16.5. The van der Waals surface area contributed by atoms with E-state index in [0.29, 0.717) is 18.8 Å². The summed E-state index contributed by atoms with van der Waals surface area (Å²) in [6, 6.07) is 9.80. The topological polar surface area (TPSA) is 105 Å². The third-order valence-electron chi connectivity index (χ3n) is 9.36. The fraction of sp³-hybridized carbons (Fsp3) is 0.676. The predicted octanol–water partition coefficient (Wildman–Crippen LogP) is 5.40. The van der Waals surface area contributed by atoms with E-state index in [1.807, 2.05) is 24.3 Å². The summed E-state index contributed by atoms with van der Waals surface area (Å²) in [4.78, 5) is 40.0. The molecule has 2 fully saturated rings. The molecule has 7 heteroatoms. The Bertz CT molecular complexity index is 998. The van der Waals surface area contributed by atoms with Gasteiger partial charge in [0, 0.05) is 6.42 Å². The Balaban J connectivity index is 1.46. The quantitative estimate of drug-likeness (QED) is 0.289. The lowest BCUT2D eigenvalue weighted by Gasteiger charge is -2.30. The number of benzene rings is 1. The molecule has 0 spiro atoms. The van der Waals surface area contributed by atoms with Crippen LogP contribution >= 0.6 is 0 Å². The summed E-state index contributed by atoms with van der Waals surface area (Å²) in [5.74, 6) is -0.772. The van der Waals surface area contributed by atoms with E-state index in [2.05, 4.69) is 28.8 Å². The van der Waals surface area contributed by atoms with Gasteiger partial charge in [0.15, 0.2) is 0 Å². The van der Waals surface area contributed by atoms with E-state index in [0.717, 1.165) is 69.8 Å². The first kappa shape index (κ1) is 31.3. The number of rotatable bonds is 8. The van der Waals surface area contributed by atoms with Crippen LogP contribution in [0.3, 0.4) is 0 Å². The van der Waals surface area contributed by atoms with Crippen molar-refractivity contribution >= 4 is 17.8 Å². The maximum Gasteiger partial charge on any atom is 0.309 e. The molecule has 1 aliphatic heterocycles. The first-order valence-electron chi connectivity index (χ1n) is 16.0. The Morgan fingerprint density at radius 1 is 0.951 bits per heavy atom. The zero-order valence-electron chi connectivity index (χ0n) is 24.7. The number of carbonyl (C=O) groups is 3. The van der Waals surface area contributed by atoms with E-state index in [-0.39, 0.29) is 49.4 Å². The zero-order chi connectivity index (χ0) is 28.9. The van der Waals surface area contributed by atoms with Crippen LogP contribution in [-0.2, 0) is 25.5 Å². The van der Waals surface area contributed by atoms with E-state index < -0.39 is 11.5 Å². The first-order chi connectivity index (χ1) is 20.0. The number of hydrogen-bond donors (Lipinski definition) is 3. The molecule has 7 nitrogen and oxygen atoms in total. The van der Waals surface area contributed by atoms with Gasteiger partial charge in [-0.25, -0.2) is 0 Å². The number of carbonyl (C=O) groups excluding carboxylic acids is 3. The molecule has 1 aromatic carbocycles. The van der Waals surface area contributed by atoms with Gasteiger partial charge in [-0.15, -0.1) is 0 Å². The molecule has 2 aliphatic carbocycles. The minimum atomic E-state index is -0.557. The van der Waals surface area contributed by atoms with Gasteiger partial charge in [-0.05, 0) is 62.8 Å². The Morgan fingerprint density at radius 2 is 1.71 bits per heavy atom. The van der Waals surface area contributed by atoms with Crippen LogP contribution in [0.15, 0.2) is 42.5 Å². The third kappa shape index (κ3) is 9.98. The fourth-order valence-corrected chi connectivity index (χ4v) is 6.90. The highest BCUT2D eigenvalue weighted by Gasteiger charge is 2.36. The molecule has 2 saturated carbocycles. The van der Waals surface area contributed by atoms with Crippen LogP contribution < -0.4 is 10.6 Å². The highest BCUT2D eigenvalue weighted by Crippen LogP contribution is 2.30. The van der Waals surface area contributed by atoms with Crippen LogP contribution in [0.4, 0.5) is 0 Å². The Hall–Kier alpha value is -2.67. The van der Waals surface area contributed by atoms with Crippen molar-refractivity contribution in [1.29, 1.82) is 0 Å². The molecule has 2 amide bonds. The van der Waals surface area contributed by atoms with Gasteiger partial charge < -0.3 is 20.5 Å². The molecule has 1 heterocycles. The number of hydrogen-bond acceptors (Lipinski definition) is 5. The molecular formula is C34H50N2O5. The summed E-state index contributed by atoms with van der Waals surface area (Å²) in [6.07, 6.45) is 17.9. The molecular weight excluding hydrogens is 516 g/mol. The first-order valence-corrected chi connectivity index (χ1v) is 16.0. The van der Waals surface area contributed by atoms with Crippen LogP contribution in [0.2, 0.25) is 0 Å². The fourth-order valence-electron chi connectivity index (χ4n) is 6.90. The smallest absolute Gasteiger partial charge is 0.309 e. The van der Waals surface area contributed by atoms with Gasteiger partial charge in [0.1, 0.15) is 6.61 Å². The van der Waals surface area contributed by atoms with Crippen molar-refractivity contribution < 1.29 is 24.2 Å². The van der Waals surface area contributed by atoms with Crippen molar-refractivity contribution in [2.75, 3.05) is 13.2 Å². The largest absolute Gasteiger partial charge is 0.463 e. The van der Waals surface area contributed by atoms with Crippen molar-refractivity contribution in [2.45, 2.75) is 114 Å². The normalized spacial score (nSPS) is 26.5. The van der Waals surface area contributed by atoms with Crippen molar-refractivity contribution in [3.05, 3.63) is 48.0 Å². The third-order valence-corrected chi connectivity index (χ3v) is 9.36. The number of amides is 2. The van der Waals surface area contributed by atoms with Gasteiger partial charge in [0.05, 0.1) is 30.0 Å². The summed E-state index contributed by atoms with van der Waals surface area (Å²) in [6.45, 7) is 0.0876. The SMILES string of the molecule is O=C(C[C@H]1CC=CCCC[C@H](Cc2ccccc2)C(=O)OC[C@H](CC2CCCCC2)NC1=O)NC1(CO)CCCC1. The molecule has 1 aromatic rings. The lowest BCUT2D eigenvalue weighted by Crippen LogP contribution is -2.50. The Morgan fingerprint density at radius 3 is 2.44 bits per heavy atom. The number of nitrogens with one attached hydrogen (secondary N) is 2. The van der Waals surface area contributed by atoms with E-state index >= 15 is 0 Å². The van der Waals surface area contributed by atoms with Crippen LogP contribution in [0.1, 0.15) is 102 Å². The molecule has 0 aromatic heterocycles. The summed E-state index contributed by atoms with van der Waals surface area (Å²) in [7, 11) is 0. The second-order valence-electron chi connectivity index (χ2n) is 12.7. The maximum absolute atomic E-state index is 13.6. The van der Waals surface area contributed by atoms with Crippen molar-refractivity contribution in [2.24, 2.45) is 17.8 Å². The number of aliphatic hydroxyl groups excluding tert-OH is 1. The molecule has 0 bridgehead atoms. The summed E-state index contributed by atoms with van der Waals surface area (Å²) < 4.78 is 5.93. The predicted molar refractivity (Wildman–Crippen MR) is 160 cm³/mol. The van der Waals surface area contributed by atoms with Crippen molar-refractivity contribution in [3.63, 3.8) is 0 Å². The lowest BCUT2D eigenvalue weighted by molar-refractivity contribution is -0.150.